The van der Waals surface area contributed by atoms with Crippen molar-refractivity contribution in [2.75, 3.05) is 32.1 Å². The fourth-order valence-corrected chi connectivity index (χ4v) is 6.11. The first-order valence-electron chi connectivity index (χ1n) is 14.6. The van der Waals surface area contributed by atoms with Crippen molar-refractivity contribution in [3.8, 4) is 17.5 Å². The van der Waals surface area contributed by atoms with Gasteiger partial charge < -0.3 is 25.8 Å². The molecule has 3 heterocycles. The van der Waals surface area contributed by atoms with Crippen LogP contribution in [0.25, 0.3) is 16.9 Å². The van der Waals surface area contributed by atoms with Crippen LogP contribution in [-0.2, 0) is 9.53 Å². The average molecular weight is 592 g/mol. The predicted molar refractivity (Wildman–Crippen MR) is 158 cm³/mol. The van der Waals surface area contributed by atoms with Crippen LogP contribution in [0, 0.1) is 16.7 Å². The Balaban J connectivity index is 1.43. The number of alkyl halides is 1. The van der Waals surface area contributed by atoms with Crippen molar-refractivity contribution < 1.29 is 23.8 Å². The number of hydrogen-bond donors (Lipinski definition) is 4. The molecular weight excluding hydrogens is 553 g/mol. The van der Waals surface area contributed by atoms with Gasteiger partial charge in [0.15, 0.2) is 0 Å². The maximum Gasteiger partial charge on any atom is 0.255 e. The number of carbonyl (C=O) groups excluding carboxylic acids is 2. The maximum absolute atomic E-state index is 14.5. The molecule has 11 nitrogen and oxygen atoms in total. The van der Waals surface area contributed by atoms with E-state index < -0.39 is 23.1 Å². The fraction of sp³-hybridized carbons (Fsp3) is 0.516. The van der Waals surface area contributed by atoms with Crippen molar-refractivity contribution in [1.29, 1.82) is 5.26 Å². The number of carbonyl (C=O) groups is 2. The van der Waals surface area contributed by atoms with Gasteiger partial charge in [-0.3, -0.25) is 14.6 Å². The largest absolute Gasteiger partial charge is 0.387 e. The van der Waals surface area contributed by atoms with E-state index >= 15 is 0 Å². The summed E-state index contributed by atoms with van der Waals surface area (Å²) in [7, 11) is 1.61. The number of aromatic nitrogens is 3. The van der Waals surface area contributed by atoms with Crippen LogP contribution in [0.1, 0.15) is 68.3 Å². The Bertz CT molecular complexity index is 1530. The van der Waals surface area contributed by atoms with Crippen LogP contribution in [-0.4, -0.2) is 75.6 Å². The first-order chi connectivity index (χ1) is 20.5. The van der Waals surface area contributed by atoms with Gasteiger partial charge in [-0.25, -0.2) is 8.91 Å². The van der Waals surface area contributed by atoms with Crippen molar-refractivity contribution in [2.45, 2.75) is 69.7 Å². The maximum atomic E-state index is 14.5. The Hall–Kier alpha value is -4.08. The lowest BCUT2D eigenvalue weighted by atomic mass is 9.56. The van der Waals surface area contributed by atoms with Gasteiger partial charge in [0.1, 0.15) is 12.2 Å². The van der Waals surface area contributed by atoms with Gasteiger partial charge in [-0.1, -0.05) is 0 Å². The van der Waals surface area contributed by atoms with E-state index in [0.29, 0.717) is 35.8 Å². The van der Waals surface area contributed by atoms with Crippen LogP contribution in [0.2, 0.25) is 0 Å². The van der Waals surface area contributed by atoms with E-state index in [1.165, 1.54) is 26.2 Å². The molecule has 43 heavy (non-hydrogen) atoms. The number of methoxy groups -OCH3 is 1. The van der Waals surface area contributed by atoms with Crippen LogP contribution in [0.15, 0.2) is 36.7 Å². The number of ether oxygens (including phenoxy) is 1. The van der Waals surface area contributed by atoms with Crippen molar-refractivity contribution >= 4 is 23.0 Å². The molecule has 12 heteroatoms. The number of halogens is 1. The van der Waals surface area contributed by atoms with Crippen molar-refractivity contribution in [3.05, 3.63) is 47.8 Å². The van der Waals surface area contributed by atoms with E-state index in [1.807, 2.05) is 12.1 Å². The molecule has 0 aliphatic heterocycles. The van der Waals surface area contributed by atoms with E-state index in [1.54, 1.807) is 23.8 Å². The van der Waals surface area contributed by atoms with Crippen molar-refractivity contribution in [2.24, 2.45) is 5.41 Å². The Labute approximate surface area is 249 Å². The molecule has 2 amide bonds. The first-order valence-corrected chi connectivity index (χ1v) is 14.6. The highest BCUT2D eigenvalue weighted by atomic mass is 19.1. The lowest BCUT2D eigenvalue weighted by Gasteiger charge is -2.53. The molecule has 1 unspecified atom stereocenters. The Morgan fingerprint density at radius 2 is 1.88 bits per heavy atom. The van der Waals surface area contributed by atoms with Crippen LogP contribution >= 0.6 is 0 Å². The second kappa shape index (κ2) is 11.9. The molecule has 0 radical (unpaired) electrons. The molecule has 2 bridgehead atoms. The molecule has 3 aliphatic carbocycles. The Morgan fingerprint density at radius 1 is 1.16 bits per heavy atom. The molecule has 1 atom stereocenters. The highest BCUT2D eigenvalue weighted by Gasteiger charge is 2.52. The summed E-state index contributed by atoms with van der Waals surface area (Å²) < 4.78 is 21.2. The first kappa shape index (κ1) is 30.4. The summed E-state index contributed by atoms with van der Waals surface area (Å²) in [6.45, 7) is 3.29. The normalized spacial score (nSPS) is 22.1. The van der Waals surface area contributed by atoms with Gasteiger partial charge in [0.05, 0.1) is 58.7 Å². The zero-order valence-electron chi connectivity index (χ0n) is 24.7. The minimum Gasteiger partial charge on any atom is -0.387 e. The number of pyridine rings is 1. The van der Waals surface area contributed by atoms with Gasteiger partial charge in [-0.2, -0.15) is 10.4 Å². The van der Waals surface area contributed by atoms with Crippen molar-refractivity contribution in [1.82, 2.24) is 25.2 Å². The smallest absolute Gasteiger partial charge is 0.255 e. The molecule has 3 aliphatic rings. The van der Waals surface area contributed by atoms with Gasteiger partial charge >= 0.3 is 0 Å². The molecule has 3 fully saturated rings. The average Bonchev–Trinajstić information content (AvgIpc) is 3.43. The summed E-state index contributed by atoms with van der Waals surface area (Å²) in [4.78, 5) is 31.0. The quantitative estimate of drug-likeness (QED) is 0.248. The van der Waals surface area contributed by atoms with Gasteiger partial charge in [0, 0.05) is 30.8 Å². The number of nitriles is 1. The fourth-order valence-electron chi connectivity index (χ4n) is 6.11. The highest BCUT2D eigenvalue weighted by Crippen LogP contribution is 2.53. The van der Waals surface area contributed by atoms with Crippen LogP contribution in [0.5, 0.6) is 0 Å². The zero-order chi connectivity index (χ0) is 30.8. The number of fused-ring (bicyclic) bond motifs is 4. The Kier molecular flexibility index (Phi) is 8.40. The minimum absolute atomic E-state index is 0.0730. The predicted octanol–water partition coefficient (Wildman–Crippen LogP) is 3.37. The summed E-state index contributed by atoms with van der Waals surface area (Å²) in [5.74, 6) is -0.441. The van der Waals surface area contributed by atoms with E-state index in [2.05, 4.69) is 32.1 Å². The number of nitrogens with one attached hydrogen (secondary N) is 3. The standard InChI is InChI=1S/C31H38FN7O4/c1-29(2,42)26(32)19-36-27(40)22-18-35-24(25-5-4-21-14-20(16-33)17-37-39(21)25)15-23(22)38-31-9-6-30(7-10-31,8-11-31)28(41)34-12-13-43-3/h4-5,14-15,17-18,26,42H,6-13,19H2,1-3H3,(H,34,41)(H,35,38)(H,36,40). The molecule has 4 N–H and O–H groups in total. The van der Waals surface area contributed by atoms with Gasteiger partial charge in [-0.05, 0) is 76.6 Å². The van der Waals surface area contributed by atoms with Crippen LogP contribution < -0.4 is 16.0 Å². The molecule has 3 aromatic rings. The number of nitrogens with zero attached hydrogens (tertiary/aromatic N) is 4. The van der Waals surface area contributed by atoms with E-state index in [-0.39, 0.29) is 23.6 Å². The zero-order valence-corrected chi connectivity index (χ0v) is 24.7. The van der Waals surface area contributed by atoms with Gasteiger partial charge in [0.25, 0.3) is 5.91 Å². The molecule has 228 valence electrons. The molecule has 6 rings (SSSR count). The molecular formula is C31H38FN7O4. The molecule has 0 aromatic carbocycles. The second-order valence-electron chi connectivity index (χ2n) is 12.3. The number of hydrogen-bond acceptors (Lipinski definition) is 8. The van der Waals surface area contributed by atoms with Crippen LogP contribution in [0.4, 0.5) is 10.1 Å². The number of amides is 2. The van der Waals surface area contributed by atoms with E-state index in [9.17, 15) is 24.3 Å². The summed E-state index contributed by atoms with van der Waals surface area (Å²) >= 11 is 0. The third-order valence-electron chi connectivity index (χ3n) is 8.97. The topological polar surface area (TPSA) is 154 Å². The van der Waals surface area contributed by atoms with E-state index in [4.69, 9.17) is 4.74 Å². The van der Waals surface area contributed by atoms with Crippen LogP contribution in [0.3, 0.4) is 0 Å². The third kappa shape index (κ3) is 6.19. The van der Waals surface area contributed by atoms with Gasteiger partial charge in [-0.15, -0.1) is 0 Å². The highest BCUT2D eigenvalue weighted by molar-refractivity contribution is 6.00. The summed E-state index contributed by atoms with van der Waals surface area (Å²) in [5.41, 5.74) is 0.885. The third-order valence-corrected chi connectivity index (χ3v) is 8.97. The number of anilines is 1. The lowest BCUT2D eigenvalue weighted by molar-refractivity contribution is -0.137. The Morgan fingerprint density at radius 3 is 2.53 bits per heavy atom. The molecule has 0 spiro atoms. The SMILES string of the molecule is COCCNC(=O)C12CCC(Nc3cc(-c4ccc5cc(C#N)cnn45)ncc3C(=O)NCC(F)C(C)(C)O)(CC1)CC2. The molecule has 3 saturated carbocycles. The minimum atomic E-state index is -1.66. The van der Waals surface area contributed by atoms with E-state index in [0.717, 1.165) is 44.0 Å². The lowest BCUT2D eigenvalue weighted by Crippen LogP contribution is -2.56. The summed E-state index contributed by atoms with van der Waals surface area (Å²) in [5, 5.41) is 32.9. The number of rotatable bonds is 11. The summed E-state index contributed by atoms with van der Waals surface area (Å²) in [6.07, 6.45) is 5.71. The monoisotopic (exact) mass is 591 g/mol. The molecule has 3 aromatic heterocycles. The van der Waals surface area contributed by atoms with Gasteiger partial charge in [0.2, 0.25) is 5.91 Å². The summed E-state index contributed by atoms with van der Waals surface area (Å²) in [6, 6.07) is 9.31. The second-order valence-corrected chi connectivity index (χ2v) is 12.3. The number of aliphatic hydroxyl groups is 1. The van der Waals surface area contributed by atoms with Crippen molar-refractivity contribution in [3.63, 3.8) is 0 Å². The molecule has 0 saturated heterocycles.